The summed E-state index contributed by atoms with van der Waals surface area (Å²) in [5.41, 5.74) is 17.1. The van der Waals surface area contributed by atoms with Crippen LogP contribution in [0.25, 0.3) is 43.8 Å². The highest BCUT2D eigenvalue weighted by atomic mass is 15.1. The van der Waals surface area contributed by atoms with Gasteiger partial charge in [0.2, 0.25) is 0 Å². The van der Waals surface area contributed by atoms with E-state index in [4.69, 9.17) is 0 Å². The molecular weight excluding hydrogens is 797 g/mol. The molecule has 0 fully saturated rings. The van der Waals surface area contributed by atoms with E-state index in [1.165, 1.54) is 77.4 Å². The number of hydrogen-bond donors (Lipinski definition) is 0. The molecule has 0 unspecified atom stereocenters. The zero-order chi connectivity index (χ0) is 46.0. The quantitative estimate of drug-likeness (QED) is 0.113. The van der Waals surface area contributed by atoms with Crippen LogP contribution < -0.4 is 9.80 Å². The molecule has 0 N–H and O–H groups in total. The van der Waals surface area contributed by atoms with Crippen LogP contribution in [-0.2, 0) is 23.7 Å². The molecule has 330 valence electrons. The van der Waals surface area contributed by atoms with Gasteiger partial charge in [0.15, 0.2) is 0 Å². The number of nitrogens with zero attached hydrogens (tertiary/aromatic N) is 2. The molecule has 0 saturated heterocycles. The second kappa shape index (κ2) is 18.5. The first-order chi connectivity index (χ1) is 31.9. The molecule has 9 aromatic rings. The van der Waals surface area contributed by atoms with E-state index in [1.54, 1.807) is 0 Å². The van der Waals surface area contributed by atoms with Crippen molar-refractivity contribution in [1.82, 2.24) is 0 Å². The second-order valence-corrected chi connectivity index (χ2v) is 20.1. The molecule has 0 aliphatic heterocycles. The fourth-order valence-corrected chi connectivity index (χ4v) is 9.71. The SMILES string of the molecule is CCCc1cccc(N(c2cccc(C(C)(C)C)c2)c2ccc3c(-c4ccccc4)c4cc(N(c5cccc(CCC)c5)c5cccc(C(C)(C)C)c5)ccc4c(-c4ccccc4)c3c2)c1. The summed E-state index contributed by atoms with van der Waals surface area (Å²) in [7, 11) is 0. The number of rotatable bonds is 12. The molecule has 9 aromatic carbocycles. The maximum absolute atomic E-state index is 2.47. The molecule has 0 spiro atoms. The molecule has 0 amide bonds. The van der Waals surface area contributed by atoms with Crippen molar-refractivity contribution in [2.45, 2.75) is 91.9 Å². The highest BCUT2D eigenvalue weighted by Crippen LogP contribution is 2.49. The maximum atomic E-state index is 2.47. The molecular formula is C64H64N2. The number of benzene rings is 9. The van der Waals surface area contributed by atoms with Crippen molar-refractivity contribution < 1.29 is 0 Å². The summed E-state index contributed by atoms with van der Waals surface area (Å²) < 4.78 is 0. The van der Waals surface area contributed by atoms with E-state index in [0.29, 0.717) is 0 Å². The van der Waals surface area contributed by atoms with Gasteiger partial charge >= 0.3 is 0 Å². The summed E-state index contributed by atoms with van der Waals surface area (Å²) >= 11 is 0. The Balaban J connectivity index is 1.35. The van der Waals surface area contributed by atoms with E-state index in [9.17, 15) is 0 Å². The van der Waals surface area contributed by atoms with Crippen LogP contribution in [0.15, 0.2) is 194 Å². The van der Waals surface area contributed by atoms with Gasteiger partial charge in [0.25, 0.3) is 0 Å². The minimum absolute atomic E-state index is 0.00122. The van der Waals surface area contributed by atoms with Crippen LogP contribution in [0, 0.1) is 0 Å². The zero-order valence-corrected chi connectivity index (χ0v) is 40.2. The number of aryl methyl sites for hydroxylation is 2. The molecule has 9 rings (SSSR count). The molecule has 0 heterocycles. The summed E-state index contributed by atoms with van der Waals surface area (Å²) in [6, 6.07) is 73.0. The van der Waals surface area contributed by atoms with E-state index in [1.807, 2.05) is 0 Å². The third-order valence-electron chi connectivity index (χ3n) is 13.1. The Morgan fingerprint density at radius 2 is 0.667 bits per heavy atom. The second-order valence-electron chi connectivity index (χ2n) is 20.1. The summed E-state index contributed by atoms with van der Waals surface area (Å²) in [6.07, 6.45) is 4.28. The molecule has 2 nitrogen and oxygen atoms in total. The molecule has 66 heavy (non-hydrogen) atoms. The minimum atomic E-state index is 0.00122. The van der Waals surface area contributed by atoms with E-state index in [0.717, 1.165) is 48.4 Å². The predicted molar refractivity (Wildman–Crippen MR) is 287 cm³/mol. The van der Waals surface area contributed by atoms with Gasteiger partial charge in [0, 0.05) is 34.1 Å². The predicted octanol–water partition coefficient (Wildman–Crippen LogP) is 18.8. The minimum Gasteiger partial charge on any atom is -0.310 e. The third-order valence-corrected chi connectivity index (χ3v) is 13.1. The van der Waals surface area contributed by atoms with Crippen molar-refractivity contribution in [2.24, 2.45) is 0 Å². The van der Waals surface area contributed by atoms with Crippen LogP contribution in [0.2, 0.25) is 0 Å². The summed E-state index contributed by atoms with van der Waals surface area (Å²) in [5, 5.41) is 4.90. The summed E-state index contributed by atoms with van der Waals surface area (Å²) in [6.45, 7) is 18.3. The Hall–Kier alpha value is -6.90. The lowest BCUT2D eigenvalue weighted by Gasteiger charge is -2.30. The lowest BCUT2D eigenvalue weighted by Crippen LogP contribution is -2.14. The van der Waals surface area contributed by atoms with Gasteiger partial charge in [-0.1, -0.05) is 190 Å². The molecule has 0 atom stereocenters. The number of anilines is 6. The molecule has 0 aliphatic carbocycles. The zero-order valence-electron chi connectivity index (χ0n) is 40.2. The fraction of sp³-hybridized carbons (Fsp3) is 0.219. The Morgan fingerprint density at radius 3 is 1.03 bits per heavy atom. The summed E-state index contributed by atoms with van der Waals surface area (Å²) in [4.78, 5) is 4.93. The molecule has 0 radical (unpaired) electrons. The van der Waals surface area contributed by atoms with Gasteiger partial charge in [-0.05, 0) is 163 Å². The van der Waals surface area contributed by atoms with Crippen molar-refractivity contribution in [3.63, 3.8) is 0 Å². The highest BCUT2D eigenvalue weighted by Gasteiger charge is 2.24. The summed E-state index contributed by atoms with van der Waals surface area (Å²) in [5.74, 6) is 0. The van der Waals surface area contributed by atoms with Crippen LogP contribution in [0.5, 0.6) is 0 Å². The van der Waals surface area contributed by atoms with E-state index in [2.05, 4.69) is 259 Å². The van der Waals surface area contributed by atoms with Gasteiger partial charge in [-0.25, -0.2) is 0 Å². The molecule has 2 heteroatoms. The lowest BCUT2D eigenvalue weighted by molar-refractivity contribution is 0.590. The van der Waals surface area contributed by atoms with E-state index >= 15 is 0 Å². The van der Waals surface area contributed by atoms with Crippen molar-refractivity contribution in [3.05, 3.63) is 216 Å². The van der Waals surface area contributed by atoms with Crippen LogP contribution in [0.1, 0.15) is 90.5 Å². The first-order valence-electron chi connectivity index (χ1n) is 24.0. The number of fused-ring (bicyclic) bond motifs is 2. The normalized spacial score (nSPS) is 11.9. The standard InChI is InChI=1S/C64H64N2/c1-9-21-45-23-17-31-51(39-45)65(53-33-19-29-49(41-53)63(3,4)5)55-35-37-57-59(43-55)61(47-25-13-11-14-26-47)58-38-36-56(44-60(58)62(57)48-27-15-12-16-28-48)66(52-32-18-24-46(40-52)22-10-2)54-34-20-30-50(42-54)64(6,7)8/h11-20,23-44H,9-10,21-22H2,1-8H3. The van der Waals surface area contributed by atoms with Gasteiger partial charge in [0.05, 0.1) is 0 Å². The van der Waals surface area contributed by atoms with Crippen molar-refractivity contribution >= 4 is 55.7 Å². The number of hydrogen-bond acceptors (Lipinski definition) is 2. The fourth-order valence-electron chi connectivity index (χ4n) is 9.71. The van der Waals surface area contributed by atoms with Gasteiger partial charge in [-0.15, -0.1) is 0 Å². The Morgan fingerprint density at radius 1 is 0.318 bits per heavy atom. The Labute approximate surface area is 394 Å². The monoisotopic (exact) mass is 861 g/mol. The van der Waals surface area contributed by atoms with Crippen LogP contribution >= 0.6 is 0 Å². The molecule has 0 aliphatic rings. The first-order valence-corrected chi connectivity index (χ1v) is 24.0. The van der Waals surface area contributed by atoms with E-state index < -0.39 is 0 Å². The lowest BCUT2D eigenvalue weighted by atomic mass is 9.85. The van der Waals surface area contributed by atoms with Gasteiger partial charge in [-0.3, -0.25) is 0 Å². The largest absolute Gasteiger partial charge is 0.310 e. The average molecular weight is 861 g/mol. The first kappa shape index (κ1) is 44.3. The highest BCUT2D eigenvalue weighted by molar-refractivity contribution is 6.22. The van der Waals surface area contributed by atoms with Crippen molar-refractivity contribution in [2.75, 3.05) is 9.80 Å². The van der Waals surface area contributed by atoms with Gasteiger partial charge in [0.1, 0.15) is 0 Å². The van der Waals surface area contributed by atoms with Crippen LogP contribution in [-0.4, -0.2) is 0 Å². The topological polar surface area (TPSA) is 6.48 Å². The average Bonchev–Trinajstić information content (AvgIpc) is 3.32. The maximum Gasteiger partial charge on any atom is 0.0468 e. The van der Waals surface area contributed by atoms with Crippen molar-refractivity contribution in [3.8, 4) is 22.3 Å². The van der Waals surface area contributed by atoms with Gasteiger partial charge < -0.3 is 9.80 Å². The molecule has 0 aromatic heterocycles. The smallest absolute Gasteiger partial charge is 0.0468 e. The van der Waals surface area contributed by atoms with Crippen LogP contribution in [0.3, 0.4) is 0 Å². The van der Waals surface area contributed by atoms with E-state index in [-0.39, 0.29) is 10.8 Å². The van der Waals surface area contributed by atoms with Crippen LogP contribution in [0.4, 0.5) is 34.1 Å². The van der Waals surface area contributed by atoms with Gasteiger partial charge in [-0.2, -0.15) is 0 Å². The molecule has 0 bridgehead atoms. The molecule has 0 saturated carbocycles. The Kier molecular flexibility index (Phi) is 12.4. The Bertz CT molecular complexity index is 2920. The third kappa shape index (κ3) is 9.03. The van der Waals surface area contributed by atoms with Crippen molar-refractivity contribution in [1.29, 1.82) is 0 Å².